The van der Waals surface area contributed by atoms with E-state index in [9.17, 15) is 9.90 Å². The topological polar surface area (TPSA) is 66.6 Å². The van der Waals surface area contributed by atoms with E-state index < -0.39 is 6.10 Å². The van der Waals surface area contributed by atoms with Crippen LogP contribution in [0.15, 0.2) is 34.9 Å². The van der Waals surface area contributed by atoms with Crippen molar-refractivity contribution in [1.29, 1.82) is 0 Å². The molecule has 0 spiro atoms. The second-order valence-electron chi connectivity index (χ2n) is 5.10. The molecule has 5 nitrogen and oxygen atoms in total. The van der Waals surface area contributed by atoms with Crippen molar-refractivity contribution >= 4 is 5.91 Å². The highest BCUT2D eigenvalue weighted by Crippen LogP contribution is 2.26. The van der Waals surface area contributed by atoms with Crippen LogP contribution in [0.2, 0.25) is 0 Å². The quantitative estimate of drug-likeness (QED) is 0.901. The van der Waals surface area contributed by atoms with Gasteiger partial charge in [0.15, 0.2) is 0 Å². The van der Waals surface area contributed by atoms with Crippen molar-refractivity contribution in [3.05, 3.63) is 52.9 Å². The zero-order valence-electron chi connectivity index (χ0n) is 11.2. The standard InChI is InChI=1S/C15H16N2O3/c1-10-6-12(20-16-10)7-15(19)17-8-11-4-2-3-5-13(11)14(18)9-17/h2-6,14,18H,7-9H2,1H3/t14-/m1/s1. The molecule has 1 aromatic carbocycles. The summed E-state index contributed by atoms with van der Waals surface area (Å²) in [7, 11) is 0. The lowest BCUT2D eigenvalue weighted by Gasteiger charge is -2.32. The molecule has 5 heteroatoms. The van der Waals surface area contributed by atoms with Gasteiger partial charge in [0.2, 0.25) is 5.91 Å². The SMILES string of the molecule is Cc1cc(CC(=O)N2Cc3ccccc3[C@H](O)C2)on1. The van der Waals surface area contributed by atoms with Gasteiger partial charge in [-0.25, -0.2) is 0 Å². The molecule has 1 aliphatic heterocycles. The number of benzene rings is 1. The van der Waals surface area contributed by atoms with E-state index in [1.807, 2.05) is 31.2 Å². The summed E-state index contributed by atoms with van der Waals surface area (Å²) >= 11 is 0. The van der Waals surface area contributed by atoms with Crippen LogP contribution in [-0.4, -0.2) is 27.6 Å². The number of carbonyl (C=O) groups excluding carboxylic acids is 1. The summed E-state index contributed by atoms with van der Waals surface area (Å²) in [5.74, 6) is 0.496. The maximum Gasteiger partial charge on any atom is 0.230 e. The Bertz CT molecular complexity index is 636. The minimum Gasteiger partial charge on any atom is -0.387 e. The highest BCUT2D eigenvalue weighted by atomic mass is 16.5. The predicted molar refractivity (Wildman–Crippen MR) is 71.8 cm³/mol. The molecule has 1 amide bonds. The van der Waals surface area contributed by atoms with Gasteiger partial charge in [0.1, 0.15) is 5.76 Å². The van der Waals surface area contributed by atoms with Crippen LogP contribution in [0.4, 0.5) is 0 Å². The normalized spacial score (nSPS) is 17.9. The van der Waals surface area contributed by atoms with Crippen LogP contribution >= 0.6 is 0 Å². The maximum absolute atomic E-state index is 12.3. The zero-order valence-corrected chi connectivity index (χ0v) is 11.2. The number of amides is 1. The molecule has 0 unspecified atom stereocenters. The van der Waals surface area contributed by atoms with Gasteiger partial charge in [-0.1, -0.05) is 29.4 Å². The minimum atomic E-state index is -0.625. The number of hydrogen-bond acceptors (Lipinski definition) is 4. The number of nitrogens with zero attached hydrogens (tertiary/aromatic N) is 2. The lowest BCUT2D eigenvalue weighted by Crippen LogP contribution is -2.39. The molecular weight excluding hydrogens is 256 g/mol. The first-order valence-corrected chi connectivity index (χ1v) is 6.59. The number of β-amino-alcohol motifs (C(OH)–C–C–N with tert-alkyl or cyclic N) is 1. The Labute approximate surface area is 116 Å². The fraction of sp³-hybridized carbons (Fsp3) is 0.333. The number of aromatic nitrogens is 1. The number of rotatable bonds is 2. The molecule has 0 fully saturated rings. The molecule has 1 aliphatic rings. The summed E-state index contributed by atoms with van der Waals surface area (Å²) in [6.45, 7) is 2.67. The first-order valence-electron chi connectivity index (χ1n) is 6.59. The van der Waals surface area contributed by atoms with Crippen molar-refractivity contribution in [3.63, 3.8) is 0 Å². The molecule has 0 aliphatic carbocycles. The van der Waals surface area contributed by atoms with Crippen molar-refractivity contribution < 1.29 is 14.4 Å². The van der Waals surface area contributed by atoms with E-state index >= 15 is 0 Å². The van der Waals surface area contributed by atoms with E-state index in [-0.39, 0.29) is 12.3 Å². The molecule has 1 N–H and O–H groups in total. The largest absolute Gasteiger partial charge is 0.387 e. The molecule has 2 heterocycles. The third-order valence-corrected chi connectivity index (χ3v) is 3.52. The fourth-order valence-corrected chi connectivity index (χ4v) is 2.53. The first kappa shape index (κ1) is 12.9. The average Bonchev–Trinajstić information content (AvgIpc) is 2.84. The Morgan fingerprint density at radius 2 is 2.30 bits per heavy atom. The van der Waals surface area contributed by atoms with Gasteiger partial charge in [-0.15, -0.1) is 0 Å². The average molecular weight is 272 g/mol. The van der Waals surface area contributed by atoms with E-state index in [0.29, 0.717) is 18.8 Å². The number of aryl methyl sites for hydroxylation is 1. The highest BCUT2D eigenvalue weighted by molar-refractivity contribution is 5.78. The number of carbonyl (C=O) groups is 1. The van der Waals surface area contributed by atoms with Crippen molar-refractivity contribution in [3.8, 4) is 0 Å². The Kier molecular flexibility index (Phi) is 3.28. The van der Waals surface area contributed by atoms with Crippen LogP contribution in [0.1, 0.15) is 28.7 Å². The Morgan fingerprint density at radius 1 is 1.50 bits per heavy atom. The molecular formula is C15H16N2O3. The predicted octanol–water partition coefficient (Wildman–Crippen LogP) is 1.60. The van der Waals surface area contributed by atoms with E-state index in [4.69, 9.17) is 4.52 Å². The number of hydrogen-bond donors (Lipinski definition) is 1. The monoisotopic (exact) mass is 272 g/mol. The fourth-order valence-electron chi connectivity index (χ4n) is 2.53. The van der Waals surface area contributed by atoms with Gasteiger partial charge in [-0.3, -0.25) is 4.79 Å². The Morgan fingerprint density at radius 3 is 3.05 bits per heavy atom. The molecule has 0 saturated carbocycles. The molecule has 1 aromatic heterocycles. The van der Waals surface area contributed by atoms with Crippen LogP contribution in [0.25, 0.3) is 0 Å². The lowest BCUT2D eigenvalue weighted by atomic mass is 9.97. The molecule has 1 atom stereocenters. The van der Waals surface area contributed by atoms with Crippen molar-refractivity contribution in [2.45, 2.75) is 26.0 Å². The van der Waals surface area contributed by atoms with E-state index in [1.54, 1.807) is 11.0 Å². The van der Waals surface area contributed by atoms with Crippen molar-refractivity contribution in [1.82, 2.24) is 10.1 Å². The molecule has 104 valence electrons. The minimum absolute atomic E-state index is 0.0605. The molecule has 0 bridgehead atoms. The van der Waals surface area contributed by atoms with Crippen molar-refractivity contribution in [2.75, 3.05) is 6.54 Å². The van der Waals surface area contributed by atoms with Gasteiger partial charge in [-0.2, -0.15) is 0 Å². The van der Waals surface area contributed by atoms with Gasteiger partial charge in [0, 0.05) is 12.6 Å². The summed E-state index contributed by atoms with van der Waals surface area (Å²) in [6, 6.07) is 9.42. The third kappa shape index (κ3) is 2.44. The van der Waals surface area contributed by atoms with Gasteiger partial charge < -0.3 is 14.5 Å². The molecule has 2 aromatic rings. The lowest BCUT2D eigenvalue weighted by molar-refractivity contribution is -0.133. The van der Waals surface area contributed by atoms with Gasteiger partial charge in [0.25, 0.3) is 0 Å². The van der Waals surface area contributed by atoms with Crippen molar-refractivity contribution in [2.24, 2.45) is 0 Å². The van der Waals surface area contributed by atoms with Gasteiger partial charge >= 0.3 is 0 Å². The van der Waals surface area contributed by atoms with Crippen LogP contribution in [0, 0.1) is 6.92 Å². The summed E-state index contributed by atoms with van der Waals surface area (Å²) in [6.07, 6.45) is -0.448. The smallest absolute Gasteiger partial charge is 0.230 e. The summed E-state index contributed by atoms with van der Waals surface area (Å²) in [5, 5.41) is 13.9. The highest BCUT2D eigenvalue weighted by Gasteiger charge is 2.26. The maximum atomic E-state index is 12.3. The van der Waals surface area contributed by atoms with Crippen LogP contribution < -0.4 is 0 Å². The first-order chi connectivity index (χ1) is 9.63. The zero-order chi connectivity index (χ0) is 14.1. The van der Waals surface area contributed by atoms with E-state index in [2.05, 4.69) is 5.16 Å². The van der Waals surface area contributed by atoms with E-state index in [0.717, 1.165) is 16.8 Å². The number of fused-ring (bicyclic) bond motifs is 1. The third-order valence-electron chi connectivity index (χ3n) is 3.52. The summed E-state index contributed by atoms with van der Waals surface area (Å²) < 4.78 is 5.06. The number of aliphatic hydroxyl groups excluding tert-OH is 1. The molecule has 3 rings (SSSR count). The van der Waals surface area contributed by atoms with Crippen LogP contribution in [0.3, 0.4) is 0 Å². The Balaban J connectivity index is 1.74. The second-order valence-corrected chi connectivity index (χ2v) is 5.10. The summed E-state index contributed by atoms with van der Waals surface area (Å²) in [4.78, 5) is 13.9. The molecule has 0 saturated heterocycles. The van der Waals surface area contributed by atoms with Crippen LogP contribution in [-0.2, 0) is 17.8 Å². The van der Waals surface area contributed by atoms with Crippen LogP contribution in [0.5, 0.6) is 0 Å². The van der Waals surface area contributed by atoms with Gasteiger partial charge in [0.05, 0.1) is 24.8 Å². The Hall–Kier alpha value is -2.14. The number of aliphatic hydroxyl groups is 1. The summed E-state index contributed by atoms with van der Waals surface area (Å²) in [5.41, 5.74) is 2.66. The van der Waals surface area contributed by atoms with Gasteiger partial charge in [-0.05, 0) is 18.1 Å². The molecule has 0 radical (unpaired) electrons. The molecule has 20 heavy (non-hydrogen) atoms. The van der Waals surface area contributed by atoms with E-state index in [1.165, 1.54) is 0 Å². The second kappa shape index (κ2) is 5.09.